The van der Waals surface area contributed by atoms with Gasteiger partial charge in [-0.05, 0) is 73.0 Å². The largest absolute Gasteiger partial charge is 0.322 e. The smallest absolute Gasteiger partial charge is 0.255 e. The first-order valence-electron chi connectivity index (χ1n) is 9.24. The Morgan fingerprint density at radius 2 is 1.93 bits per heavy atom. The molecular weight excluding hydrogens is 411 g/mol. The second-order valence-electron chi connectivity index (χ2n) is 7.13. The van der Waals surface area contributed by atoms with Crippen LogP contribution in [0.15, 0.2) is 41.3 Å². The van der Waals surface area contributed by atoms with Crippen molar-refractivity contribution in [1.29, 1.82) is 0 Å². The van der Waals surface area contributed by atoms with Crippen LogP contribution in [-0.4, -0.2) is 40.6 Å². The number of hydrogen-bond acceptors (Lipinski definition) is 6. The van der Waals surface area contributed by atoms with Crippen molar-refractivity contribution in [2.75, 3.05) is 5.32 Å². The molecule has 0 spiro atoms. The highest BCUT2D eigenvalue weighted by Gasteiger charge is 2.28. The number of halogens is 1. The minimum absolute atomic E-state index is 0.0225. The summed E-state index contributed by atoms with van der Waals surface area (Å²) in [7, 11) is -3.69. The van der Waals surface area contributed by atoms with Gasteiger partial charge >= 0.3 is 0 Å². The van der Waals surface area contributed by atoms with Gasteiger partial charge in [0.1, 0.15) is 11.5 Å². The molecule has 2 aromatic carbocycles. The number of rotatable bonds is 6. The van der Waals surface area contributed by atoms with Crippen molar-refractivity contribution in [3.63, 3.8) is 0 Å². The van der Waals surface area contributed by atoms with E-state index in [1.54, 1.807) is 19.9 Å². The summed E-state index contributed by atoms with van der Waals surface area (Å²) in [6.07, 6.45) is 1.62. The van der Waals surface area contributed by atoms with Crippen molar-refractivity contribution in [2.24, 2.45) is 0 Å². The Hall–Kier alpha value is -3.18. The van der Waals surface area contributed by atoms with Crippen LogP contribution in [0.1, 0.15) is 34.6 Å². The van der Waals surface area contributed by atoms with E-state index in [0.717, 1.165) is 12.8 Å². The lowest BCUT2D eigenvalue weighted by atomic mass is 10.1. The van der Waals surface area contributed by atoms with Gasteiger partial charge in [-0.15, -0.1) is 5.10 Å². The molecule has 156 valence electrons. The van der Waals surface area contributed by atoms with Crippen LogP contribution in [0.5, 0.6) is 0 Å². The Kier molecular flexibility index (Phi) is 5.08. The zero-order chi connectivity index (χ0) is 21.5. The zero-order valence-corrected chi connectivity index (χ0v) is 17.1. The first kappa shape index (κ1) is 20.1. The number of amides is 1. The molecule has 1 fully saturated rings. The van der Waals surface area contributed by atoms with E-state index in [-0.39, 0.29) is 22.2 Å². The van der Waals surface area contributed by atoms with Crippen molar-refractivity contribution in [1.82, 2.24) is 24.9 Å². The molecule has 1 saturated carbocycles. The average molecular weight is 430 g/mol. The molecule has 0 radical (unpaired) electrons. The number of aromatic nitrogens is 4. The van der Waals surface area contributed by atoms with E-state index in [0.29, 0.717) is 17.1 Å². The van der Waals surface area contributed by atoms with E-state index < -0.39 is 21.7 Å². The maximum atomic E-state index is 14.2. The number of nitrogens with zero attached hydrogens (tertiary/aromatic N) is 4. The summed E-state index contributed by atoms with van der Waals surface area (Å²) in [6, 6.07) is 8.35. The van der Waals surface area contributed by atoms with Gasteiger partial charge in [-0.2, -0.15) is 4.68 Å². The van der Waals surface area contributed by atoms with Gasteiger partial charge in [0, 0.05) is 17.3 Å². The lowest BCUT2D eigenvalue weighted by Crippen LogP contribution is -2.26. The van der Waals surface area contributed by atoms with Crippen LogP contribution >= 0.6 is 0 Å². The van der Waals surface area contributed by atoms with E-state index in [9.17, 15) is 17.6 Å². The Labute approximate surface area is 172 Å². The molecule has 1 amide bonds. The number of nitrogens with one attached hydrogen (secondary N) is 2. The summed E-state index contributed by atoms with van der Waals surface area (Å²) in [5, 5.41) is 13.6. The Morgan fingerprint density at radius 1 is 1.17 bits per heavy atom. The minimum Gasteiger partial charge on any atom is -0.322 e. The highest BCUT2D eigenvalue weighted by molar-refractivity contribution is 7.89. The van der Waals surface area contributed by atoms with Crippen molar-refractivity contribution in [2.45, 2.75) is 37.6 Å². The maximum absolute atomic E-state index is 14.2. The summed E-state index contributed by atoms with van der Waals surface area (Å²) < 4.78 is 43.0. The van der Waals surface area contributed by atoms with E-state index in [1.165, 1.54) is 35.0 Å². The summed E-state index contributed by atoms with van der Waals surface area (Å²) in [4.78, 5) is 12.9. The number of tetrazole rings is 1. The number of benzene rings is 2. The normalized spacial score (nSPS) is 14.0. The van der Waals surface area contributed by atoms with Crippen molar-refractivity contribution in [3.05, 3.63) is 59.2 Å². The molecule has 1 heterocycles. The third kappa shape index (κ3) is 4.07. The SMILES string of the molecule is Cc1ccc(S(=O)(=O)NC2CC2)cc1C(=O)Nc1ccc(F)c(-n2nnnc2C)c1. The lowest BCUT2D eigenvalue weighted by Gasteiger charge is -2.12. The fourth-order valence-electron chi connectivity index (χ4n) is 2.91. The second-order valence-corrected chi connectivity index (χ2v) is 8.84. The van der Waals surface area contributed by atoms with Crippen molar-refractivity contribution in [3.8, 4) is 5.69 Å². The molecule has 0 aliphatic heterocycles. The van der Waals surface area contributed by atoms with Gasteiger partial charge in [-0.1, -0.05) is 6.07 Å². The standard InChI is InChI=1S/C19H19FN6O3S/c1-11-3-7-15(30(28,29)23-13-4-5-13)10-16(11)19(27)21-14-6-8-17(20)18(9-14)26-12(2)22-24-25-26/h3,6-10,13,23H,4-5H2,1-2H3,(H,21,27). The van der Waals surface area contributed by atoms with Crippen LogP contribution in [0.3, 0.4) is 0 Å². The summed E-state index contributed by atoms with van der Waals surface area (Å²) in [5.41, 5.74) is 1.21. The van der Waals surface area contributed by atoms with Crippen molar-refractivity contribution >= 4 is 21.6 Å². The molecule has 2 N–H and O–H groups in total. The predicted molar refractivity (Wildman–Crippen MR) is 106 cm³/mol. The van der Waals surface area contributed by atoms with E-state index >= 15 is 0 Å². The predicted octanol–water partition coefficient (Wildman–Crippen LogP) is 2.11. The van der Waals surface area contributed by atoms with Gasteiger partial charge in [-0.3, -0.25) is 4.79 Å². The number of hydrogen-bond donors (Lipinski definition) is 2. The first-order chi connectivity index (χ1) is 14.2. The van der Waals surface area contributed by atoms with Gasteiger partial charge in [0.05, 0.1) is 4.90 Å². The second kappa shape index (κ2) is 7.58. The topological polar surface area (TPSA) is 119 Å². The zero-order valence-electron chi connectivity index (χ0n) is 16.3. The molecule has 4 rings (SSSR count). The third-order valence-corrected chi connectivity index (χ3v) is 6.24. The van der Waals surface area contributed by atoms with Gasteiger partial charge in [-0.25, -0.2) is 17.5 Å². The summed E-state index contributed by atoms with van der Waals surface area (Å²) >= 11 is 0. The molecule has 11 heteroatoms. The molecule has 1 aromatic heterocycles. The van der Waals surface area contributed by atoms with E-state index in [4.69, 9.17) is 0 Å². The number of anilines is 1. The highest BCUT2D eigenvalue weighted by atomic mass is 32.2. The quantitative estimate of drug-likeness (QED) is 0.618. The fourth-order valence-corrected chi connectivity index (χ4v) is 4.24. The average Bonchev–Trinajstić information content (AvgIpc) is 3.40. The molecule has 1 aliphatic carbocycles. The fraction of sp³-hybridized carbons (Fsp3) is 0.263. The molecule has 0 unspecified atom stereocenters. The molecule has 9 nitrogen and oxygen atoms in total. The van der Waals surface area contributed by atoms with Crippen molar-refractivity contribution < 1.29 is 17.6 Å². The molecule has 30 heavy (non-hydrogen) atoms. The van der Waals surface area contributed by atoms with Gasteiger partial charge < -0.3 is 5.32 Å². The Bertz CT molecular complexity index is 1240. The number of aryl methyl sites for hydroxylation is 2. The monoisotopic (exact) mass is 430 g/mol. The number of sulfonamides is 1. The van der Waals surface area contributed by atoms with Gasteiger partial charge in [0.25, 0.3) is 5.91 Å². The molecule has 3 aromatic rings. The lowest BCUT2D eigenvalue weighted by molar-refractivity contribution is 0.102. The number of carbonyl (C=O) groups excluding carboxylic acids is 1. The molecular formula is C19H19FN6O3S. The van der Waals surface area contributed by atoms with Crippen LogP contribution < -0.4 is 10.0 Å². The molecule has 0 bridgehead atoms. The van der Waals surface area contributed by atoms with Gasteiger partial charge in [0.2, 0.25) is 10.0 Å². The van der Waals surface area contributed by atoms with Crippen LogP contribution in [0.25, 0.3) is 5.69 Å². The van der Waals surface area contributed by atoms with Crippen LogP contribution in [0.4, 0.5) is 10.1 Å². The van der Waals surface area contributed by atoms with Crippen LogP contribution in [0, 0.1) is 19.7 Å². The third-order valence-electron chi connectivity index (χ3n) is 4.72. The first-order valence-corrected chi connectivity index (χ1v) is 10.7. The minimum atomic E-state index is -3.69. The van der Waals surface area contributed by atoms with E-state index in [1.807, 2.05) is 0 Å². The maximum Gasteiger partial charge on any atom is 0.255 e. The highest BCUT2D eigenvalue weighted by Crippen LogP contribution is 2.24. The van der Waals surface area contributed by atoms with Gasteiger partial charge in [0.15, 0.2) is 5.82 Å². The molecule has 0 saturated heterocycles. The molecule has 0 atom stereocenters. The molecule has 1 aliphatic rings. The summed E-state index contributed by atoms with van der Waals surface area (Å²) in [6.45, 7) is 3.33. The van der Waals surface area contributed by atoms with Crippen LogP contribution in [0.2, 0.25) is 0 Å². The number of carbonyl (C=O) groups is 1. The summed E-state index contributed by atoms with van der Waals surface area (Å²) in [5.74, 6) is -0.685. The Morgan fingerprint density at radius 3 is 2.60 bits per heavy atom. The van der Waals surface area contributed by atoms with E-state index in [2.05, 4.69) is 25.6 Å². The van der Waals surface area contributed by atoms with Crippen LogP contribution in [-0.2, 0) is 10.0 Å². The Balaban J connectivity index is 1.61.